The van der Waals surface area contributed by atoms with Crippen molar-refractivity contribution >= 4 is 61.1 Å². The van der Waals surface area contributed by atoms with Gasteiger partial charge in [-0.3, -0.25) is 4.79 Å². The molecule has 96 valence electrons. The maximum Gasteiger partial charge on any atom is 0.313 e. The standard InChI is InChI=1S/C11H9NO2S3.BrH/c13-10(14)7-15-11-6-9(16-17-11)12-8-4-2-1-3-5-8;/h1-6H,7H2,(H,13,14);1H. The quantitative estimate of drug-likeness (QED) is 0.663. The Balaban J connectivity index is 0.00000162. The Morgan fingerprint density at radius 3 is 2.67 bits per heavy atom. The summed E-state index contributed by atoms with van der Waals surface area (Å²) in [6.07, 6.45) is 0. The fourth-order valence-corrected chi connectivity index (χ4v) is 4.37. The van der Waals surface area contributed by atoms with Crippen molar-refractivity contribution in [3.63, 3.8) is 0 Å². The number of nitrogens with zero attached hydrogens (tertiary/aromatic N) is 1. The first-order chi connectivity index (χ1) is 8.24. The van der Waals surface area contributed by atoms with Crippen molar-refractivity contribution in [3.8, 4) is 0 Å². The fourth-order valence-electron chi connectivity index (χ4n) is 1.11. The summed E-state index contributed by atoms with van der Waals surface area (Å²) < 4.78 is 1.90. The molecule has 18 heavy (non-hydrogen) atoms. The Bertz CT molecular complexity index is 565. The number of carboxylic acid groups (broad SMARTS) is 1. The lowest BCUT2D eigenvalue weighted by Crippen LogP contribution is -1.97. The minimum Gasteiger partial charge on any atom is -0.481 e. The van der Waals surface area contributed by atoms with Crippen molar-refractivity contribution in [2.75, 3.05) is 5.75 Å². The second kappa shape index (κ2) is 7.73. The molecule has 0 spiro atoms. The number of halogens is 1. The molecule has 0 radical (unpaired) electrons. The van der Waals surface area contributed by atoms with E-state index in [9.17, 15) is 4.79 Å². The Morgan fingerprint density at radius 1 is 1.28 bits per heavy atom. The summed E-state index contributed by atoms with van der Waals surface area (Å²) in [6, 6.07) is 11.6. The van der Waals surface area contributed by atoms with Gasteiger partial charge in [-0.2, -0.15) is 0 Å². The van der Waals surface area contributed by atoms with Crippen molar-refractivity contribution in [1.82, 2.24) is 0 Å². The third-order valence-electron chi connectivity index (χ3n) is 1.78. The molecule has 0 aliphatic heterocycles. The lowest BCUT2D eigenvalue weighted by atomic mass is 10.3. The summed E-state index contributed by atoms with van der Waals surface area (Å²) in [5.74, 6) is -0.701. The number of benzene rings is 1. The molecular formula is C11H10BrNO2S3. The Labute approximate surface area is 126 Å². The van der Waals surface area contributed by atoms with E-state index < -0.39 is 5.97 Å². The van der Waals surface area contributed by atoms with E-state index in [0.29, 0.717) is 0 Å². The lowest BCUT2D eigenvalue weighted by Gasteiger charge is -1.89. The van der Waals surface area contributed by atoms with Crippen LogP contribution in [-0.4, -0.2) is 16.8 Å². The number of hydrogen-bond donors (Lipinski definition) is 1. The Morgan fingerprint density at radius 2 is 2.00 bits per heavy atom. The molecule has 1 aromatic heterocycles. The number of thioether (sulfide) groups is 1. The molecule has 0 saturated heterocycles. The lowest BCUT2D eigenvalue weighted by molar-refractivity contribution is -0.133. The van der Waals surface area contributed by atoms with Gasteiger partial charge in [0.05, 0.1) is 15.6 Å². The number of carbonyl (C=O) groups is 1. The zero-order valence-corrected chi connectivity index (χ0v) is 13.3. The second-order valence-electron chi connectivity index (χ2n) is 3.10. The highest BCUT2D eigenvalue weighted by molar-refractivity contribution is 8.93. The number of carboxylic acids is 1. The van der Waals surface area contributed by atoms with Crippen LogP contribution in [0.25, 0.3) is 0 Å². The molecule has 0 fully saturated rings. The molecule has 0 saturated carbocycles. The molecule has 7 heteroatoms. The van der Waals surface area contributed by atoms with Gasteiger partial charge in [-0.25, -0.2) is 4.99 Å². The maximum absolute atomic E-state index is 10.4. The van der Waals surface area contributed by atoms with Crippen LogP contribution >= 0.6 is 49.4 Å². The first-order valence-corrected chi connectivity index (χ1v) is 7.92. The topological polar surface area (TPSA) is 49.7 Å². The van der Waals surface area contributed by atoms with E-state index in [1.165, 1.54) is 11.8 Å². The highest BCUT2D eigenvalue weighted by Crippen LogP contribution is 2.24. The molecule has 2 rings (SSSR count). The molecule has 1 aromatic carbocycles. The SMILES string of the molecule is Br.O=C(O)CSc1cc(=Nc2ccccc2)ss1. The molecule has 1 N–H and O–H groups in total. The van der Waals surface area contributed by atoms with E-state index in [-0.39, 0.29) is 22.7 Å². The van der Waals surface area contributed by atoms with Gasteiger partial charge < -0.3 is 5.11 Å². The first kappa shape index (κ1) is 15.4. The summed E-state index contributed by atoms with van der Waals surface area (Å²) in [4.78, 5) is 14.9. The minimum atomic E-state index is -0.796. The van der Waals surface area contributed by atoms with Crippen molar-refractivity contribution < 1.29 is 9.90 Å². The monoisotopic (exact) mass is 363 g/mol. The van der Waals surface area contributed by atoms with Crippen molar-refractivity contribution in [2.24, 2.45) is 4.99 Å². The van der Waals surface area contributed by atoms with Crippen LogP contribution in [0.3, 0.4) is 0 Å². The average Bonchev–Trinajstić information content (AvgIpc) is 2.75. The maximum atomic E-state index is 10.4. The fraction of sp³-hybridized carbons (Fsp3) is 0.0909. The summed E-state index contributed by atoms with van der Waals surface area (Å²) in [5.41, 5.74) is 0.913. The number of hydrogen-bond acceptors (Lipinski definition) is 5. The predicted molar refractivity (Wildman–Crippen MR) is 82.5 cm³/mol. The van der Waals surface area contributed by atoms with Crippen LogP contribution in [0.2, 0.25) is 0 Å². The van der Waals surface area contributed by atoms with Crippen molar-refractivity contribution in [3.05, 3.63) is 41.1 Å². The van der Waals surface area contributed by atoms with Gasteiger partial charge >= 0.3 is 5.97 Å². The van der Waals surface area contributed by atoms with E-state index in [1.807, 2.05) is 36.4 Å². The first-order valence-electron chi connectivity index (χ1n) is 4.78. The molecule has 0 amide bonds. The molecule has 0 aliphatic carbocycles. The van der Waals surface area contributed by atoms with Gasteiger partial charge in [-0.15, -0.1) is 28.7 Å². The van der Waals surface area contributed by atoms with Crippen LogP contribution < -0.4 is 4.67 Å². The smallest absolute Gasteiger partial charge is 0.313 e. The molecule has 0 bridgehead atoms. The van der Waals surface area contributed by atoms with Gasteiger partial charge in [-0.1, -0.05) is 38.9 Å². The number of para-hydroxylation sites is 1. The van der Waals surface area contributed by atoms with E-state index in [0.717, 1.165) is 14.6 Å². The van der Waals surface area contributed by atoms with Crippen LogP contribution in [0.15, 0.2) is 45.6 Å². The third-order valence-corrected chi connectivity index (χ3v) is 5.54. The van der Waals surface area contributed by atoms with E-state index in [1.54, 1.807) is 20.7 Å². The minimum absolute atomic E-state index is 0. The molecule has 1 heterocycles. The summed E-state index contributed by atoms with van der Waals surface area (Å²) in [7, 11) is 3.12. The third kappa shape index (κ3) is 4.93. The number of aliphatic carboxylic acids is 1. The zero-order valence-electron chi connectivity index (χ0n) is 9.11. The van der Waals surface area contributed by atoms with Crippen LogP contribution in [0.5, 0.6) is 0 Å². The van der Waals surface area contributed by atoms with Gasteiger partial charge in [-0.05, 0) is 18.2 Å². The van der Waals surface area contributed by atoms with Crippen LogP contribution in [0.1, 0.15) is 0 Å². The van der Waals surface area contributed by atoms with Gasteiger partial charge in [0.15, 0.2) is 0 Å². The summed E-state index contributed by atoms with van der Waals surface area (Å²) >= 11 is 1.33. The van der Waals surface area contributed by atoms with Gasteiger partial charge in [0.25, 0.3) is 0 Å². The van der Waals surface area contributed by atoms with Gasteiger partial charge in [0.1, 0.15) is 4.67 Å². The van der Waals surface area contributed by atoms with E-state index in [2.05, 4.69) is 4.99 Å². The van der Waals surface area contributed by atoms with Crippen LogP contribution in [0, 0.1) is 0 Å². The average molecular weight is 364 g/mol. The summed E-state index contributed by atoms with van der Waals surface area (Å²) in [6.45, 7) is 0. The van der Waals surface area contributed by atoms with Crippen LogP contribution in [0.4, 0.5) is 5.69 Å². The second-order valence-corrected chi connectivity index (χ2v) is 6.57. The normalized spacial score (nSPS) is 11.0. The number of rotatable bonds is 4. The van der Waals surface area contributed by atoms with Gasteiger partial charge in [0, 0.05) is 0 Å². The molecule has 3 nitrogen and oxygen atoms in total. The predicted octanol–water partition coefficient (Wildman–Crippen LogP) is 3.80. The Hall–Kier alpha value is -0.630. The van der Waals surface area contributed by atoms with E-state index in [4.69, 9.17) is 5.11 Å². The Kier molecular flexibility index (Phi) is 6.62. The molecule has 0 unspecified atom stereocenters. The molecule has 0 aliphatic rings. The van der Waals surface area contributed by atoms with Crippen LogP contribution in [-0.2, 0) is 4.79 Å². The molecule has 0 atom stereocenters. The van der Waals surface area contributed by atoms with E-state index >= 15 is 0 Å². The zero-order chi connectivity index (χ0) is 12.1. The largest absolute Gasteiger partial charge is 0.481 e. The molecular weight excluding hydrogens is 354 g/mol. The summed E-state index contributed by atoms with van der Waals surface area (Å²) in [5, 5.41) is 8.58. The highest BCUT2D eigenvalue weighted by atomic mass is 79.9. The molecule has 2 aromatic rings. The van der Waals surface area contributed by atoms with Gasteiger partial charge in [0.2, 0.25) is 0 Å². The van der Waals surface area contributed by atoms with Crippen molar-refractivity contribution in [1.29, 1.82) is 0 Å². The highest BCUT2D eigenvalue weighted by Gasteiger charge is 2.01. The van der Waals surface area contributed by atoms with Crippen molar-refractivity contribution in [2.45, 2.75) is 4.21 Å².